The van der Waals surface area contributed by atoms with Crippen molar-refractivity contribution in [2.45, 2.75) is 25.8 Å². The lowest BCUT2D eigenvalue weighted by molar-refractivity contribution is 0.694. The molecule has 0 spiro atoms. The summed E-state index contributed by atoms with van der Waals surface area (Å²) in [5, 5.41) is 4.36. The highest BCUT2D eigenvalue weighted by molar-refractivity contribution is 6.31. The Morgan fingerprint density at radius 2 is 2.06 bits per heavy atom. The van der Waals surface area contributed by atoms with Crippen LogP contribution in [0.15, 0.2) is 18.2 Å². The fourth-order valence-corrected chi connectivity index (χ4v) is 2.15. The van der Waals surface area contributed by atoms with Crippen LogP contribution in [0.2, 0.25) is 5.02 Å². The van der Waals surface area contributed by atoms with Crippen LogP contribution in [0.5, 0.6) is 0 Å². The highest BCUT2D eigenvalue weighted by Gasteiger charge is 2.28. The molecule has 1 aromatic carbocycles. The first-order chi connectivity index (χ1) is 7.58. The minimum Gasteiger partial charge on any atom is -0.381 e. The number of anilines is 2. The van der Waals surface area contributed by atoms with Crippen molar-refractivity contribution in [3.8, 4) is 0 Å². The predicted octanol–water partition coefficient (Wildman–Crippen LogP) is 3.62. The summed E-state index contributed by atoms with van der Waals surface area (Å²) in [7, 11) is 4.10. The van der Waals surface area contributed by atoms with Crippen molar-refractivity contribution in [3.05, 3.63) is 23.2 Å². The summed E-state index contributed by atoms with van der Waals surface area (Å²) in [6.07, 6.45) is 2.71. The summed E-state index contributed by atoms with van der Waals surface area (Å²) in [5.41, 5.74) is 2.33. The summed E-state index contributed by atoms with van der Waals surface area (Å²) in [4.78, 5) is 2.11. The third-order valence-electron chi connectivity index (χ3n) is 3.15. The lowest BCUT2D eigenvalue weighted by atomic mass is 10.2. The van der Waals surface area contributed by atoms with Gasteiger partial charge >= 0.3 is 0 Å². The van der Waals surface area contributed by atoms with Gasteiger partial charge in [0, 0.05) is 25.2 Å². The Balaban J connectivity index is 2.19. The molecule has 88 valence electrons. The predicted molar refractivity (Wildman–Crippen MR) is 71.6 cm³/mol. The van der Waals surface area contributed by atoms with E-state index in [9.17, 15) is 0 Å². The van der Waals surface area contributed by atoms with E-state index < -0.39 is 0 Å². The fourth-order valence-electron chi connectivity index (χ4n) is 1.97. The zero-order valence-electron chi connectivity index (χ0n) is 10.1. The van der Waals surface area contributed by atoms with Crippen LogP contribution in [0.1, 0.15) is 19.8 Å². The molecule has 1 aliphatic carbocycles. The Bertz CT molecular complexity index is 372. The number of benzene rings is 1. The Morgan fingerprint density at radius 1 is 1.38 bits per heavy atom. The molecule has 2 rings (SSSR count). The summed E-state index contributed by atoms with van der Waals surface area (Å²) in [6.45, 7) is 2.25. The van der Waals surface area contributed by atoms with E-state index in [-0.39, 0.29) is 0 Å². The third kappa shape index (κ3) is 2.62. The molecule has 0 radical (unpaired) electrons. The van der Waals surface area contributed by atoms with Gasteiger partial charge in [-0.15, -0.1) is 0 Å². The van der Waals surface area contributed by atoms with E-state index in [0.29, 0.717) is 6.04 Å². The normalized spacial score (nSPS) is 17.0. The van der Waals surface area contributed by atoms with Crippen molar-refractivity contribution in [1.82, 2.24) is 0 Å². The van der Waals surface area contributed by atoms with Crippen LogP contribution in [0, 0.1) is 5.92 Å². The molecule has 0 aromatic heterocycles. The molecule has 16 heavy (non-hydrogen) atoms. The highest BCUT2D eigenvalue weighted by Crippen LogP contribution is 2.36. The van der Waals surface area contributed by atoms with Gasteiger partial charge in [0.25, 0.3) is 0 Å². The molecular weight excluding hydrogens is 220 g/mol. The topological polar surface area (TPSA) is 15.3 Å². The summed E-state index contributed by atoms with van der Waals surface area (Å²) in [5.74, 6) is 0.842. The number of rotatable bonds is 4. The van der Waals surface area contributed by atoms with Crippen LogP contribution < -0.4 is 10.2 Å². The molecule has 2 nitrogen and oxygen atoms in total. The van der Waals surface area contributed by atoms with Gasteiger partial charge in [-0.2, -0.15) is 0 Å². The van der Waals surface area contributed by atoms with E-state index in [1.165, 1.54) is 18.5 Å². The van der Waals surface area contributed by atoms with E-state index >= 15 is 0 Å². The molecular formula is C13H19ClN2. The number of hydrogen-bond acceptors (Lipinski definition) is 2. The van der Waals surface area contributed by atoms with Crippen LogP contribution in [-0.2, 0) is 0 Å². The molecule has 1 aliphatic rings. The second-order valence-corrected chi connectivity index (χ2v) is 5.26. The first kappa shape index (κ1) is 11.6. The largest absolute Gasteiger partial charge is 0.381 e. The van der Waals surface area contributed by atoms with Crippen molar-refractivity contribution in [2.75, 3.05) is 24.3 Å². The molecule has 1 atom stereocenters. The summed E-state index contributed by atoms with van der Waals surface area (Å²) in [6, 6.07) is 6.54. The Morgan fingerprint density at radius 3 is 2.62 bits per heavy atom. The van der Waals surface area contributed by atoms with Gasteiger partial charge in [-0.05, 0) is 43.9 Å². The van der Waals surface area contributed by atoms with E-state index in [0.717, 1.165) is 16.6 Å². The standard InChI is InChI=1S/C13H19ClN2/c1-9(10-4-5-10)15-12-8-11(14)6-7-13(12)16(2)3/h6-10,15H,4-5H2,1-3H3. The Kier molecular flexibility index (Phi) is 3.29. The van der Waals surface area contributed by atoms with Crippen molar-refractivity contribution < 1.29 is 0 Å². The molecule has 0 amide bonds. The zero-order chi connectivity index (χ0) is 11.7. The van der Waals surface area contributed by atoms with Crippen LogP contribution >= 0.6 is 11.6 Å². The van der Waals surface area contributed by atoms with E-state index in [1.807, 2.05) is 12.1 Å². The average Bonchev–Trinajstić information content (AvgIpc) is 2.99. The summed E-state index contributed by atoms with van der Waals surface area (Å²) >= 11 is 6.04. The molecule has 1 unspecified atom stereocenters. The molecule has 0 heterocycles. The lowest BCUT2D eigenvalue weighted by Gasteiger charge is -2.22. The summed E-state index contributed by atoms with van der Waals surface area (Å²) < 4.78 is 0. The van der Waals surface area contributed by atoms with Crippen molar-refractivity contribution >= 4 is 23.0 Å². The van der Waals surface area contributed by atoms with Crippen molar-refractivity contribution in [1.29, 1.82) is 0 Å². The van der Waals surface area contributed by atoms with Gasteiger partial charge in [0.05, 0.1) is 11.4 Å². The molecule has 1 saturated carbocycles. The van der Waals surface area contributed by atoms with E-state index in [1.54, 1.807) is 0 Å². The SMILES string of the molecule is CC(Nc1cc(Cl)ccc1N(C)C)C1CC1. The Labute approximate surface area is 103 Å². The van der Waals surface area contributed by atoms with Crippen LogP contribution in [-0.4, -0.2) is 20.1 Å². The highest BCUT2D eigenvalue weighted by atomic mass is 35.5. The fraction of sp³-hybridized carbons (Fsp3) is 0.538. The second-order valence-electron chi connectivity index (χ2n) is 4.83. The van der Waals surface area contributed by atoms with Gasteiger partial charge in [-0.25, -0.2) is 0 Å². The van der Waals surface area contributed by atoms with Gasteiger partial charge < -0.3 is 10.2 Å². The average molecular weight is 239 g/mol. The number of hydrogen-bond donors (Lipinski definition) is 1. The first-order valence-corrected chi connectivity index (χ1v) is 6.19. The van der Waals surface area contributed by atoms with Crippen LogP contribution in [0.4, 0.5) is 11.4 Å². The quantitative estimate of drug-likeness (QED) is 0.862. The molecule has 3 heteroatoms. The molecule has 1 fully saturated rings. The molecule has 0 saturated heterocycles. The Hall–Kier alpha value is -0.890. The maximum atomic E-state index is 6.04. The smallest absolute Gasteiger partial charge is 0.0597 e. The second kappa shape index (κ2) is 4.54. The monoisotopic (exact) mass is 238 g/mol. The van der Waals surface area contributed by atoms with Gasteiger partial charge in [-0.3, -0.25) is 0 Å². The van der Waals surface area contributed by atoms with E-state index in [2.05, 4.69) is 37.3 Å². The minimum atomic E-state index is 0.539. The molecule has 1 N–H and O–H groups in total. The molecule has 1 aromatic rings. The minimum absolute atomic E-state index is 0.539. The van der Waals surface area contributed by atoms with Crippen LogP contribution in [0.25, 0.3) is 0 Å². The lowest BCUT2D eigenvalue weighted by Crippen LogP contribution is -2.20. The molecule has 0 bridgehead atoms. The maximum absolute atomic E-state index is 6.04. The zero-order valence-corrected chi connectivity index (χ0v) is 10.9. The number of nitrogens with one attached hydrogen (secondary N) is 1. The van der Waals surface area contributed by atoms with Crippen LogP contribution in [0.3, 0.4) is 0 Å². The van der Waals surface area contributed by atoms with Crippen molar-refractivity contribution in [3.63, 3.8) is 0 Å². The van der Waals surface area contributed by atoms with Gasteiger partial charge in [-0.1, -0.05) is 11.6 Å². The van der Waals surface area contributed by atoms with E-state index in [4.69, 9.17) is 11.6 Å². The van der Waals surface area contributed by atoms with Gasteiger partial charge in [0.2, 0.25) is 0 Å². The maximum Gasteiger partial charge on any atom is 0.0597 e. The molecule has 0 aliphatic heterocycles. The number of halogens is 1. The first-order valence-electron chi connectivity index (χ1n) is 5.81. The van der Waals surface area contributed by atoms with Gasteiger partial charge in [0.1, 0.15) is 0 Å². The van der Waals surface area contributed by atoms with Gasteiger partial charge in [0.15, 0.2) is 0 Å². The number of nitrogens with zero attached hydrogens (tertiary/aromatic N) is 1. The third-order valence-corrected chi connectivity index (χ3v) is 3.39. The van der Waals surface area contributed by atoms with Crippen molar-refractivity contribution in [2.24, 2.45) is 5.92 Å².